The number of rotatable bonds is 4. The molecule has 0 N–H and O–H groups in total. The summed E-state index contributed by atoms with van der Waals surface area (Å²) in [6.45, 7) is 5.58. The summed E-state index contributed by atoms with van der Waals surface area (Å²) in [5, 5.41) is 0. The first-order chi connectivity index (χ1) is 6.58. The molecule has 0 aliphatic carbocycles. The van der Waals surface area contributed by atoms with Crippen LogP contribution in [0.1, 0.15) is 19.4 Å². The van der Waals surface area contributed by atoms with E-state index in [9.17, 15) is 4.21 Å². The van der Waals surface area contributed by atoms with Crippen molar-refractivity contribution in [1.29, 1.82) is 0 Å². The van der Waals surface area contributed by atoms with Crippen LogP contribution in [0.4, 0.5) is 0 Å². The summed E-state index contributed by atoms with van der Waals surface area (Å²) in [5.74, 6) is 0.551. The second-order valence-corrected chi connectivity index (χ2v) is 4.01. The van der Waals surface area contributed by atoms with E-state index in [-0.39, 0.29) is 6.10 Å². The van der Waals surface area contributed by atoms with Crippen LogP contribution in [0.3, 0.4) is 0 Å². The molecule has 1 atom stereocenters. The van der Waals surface area contributed by atoms with Gasteiger partial charge >= 0.3 is 11.4 Å². The fourth-order valence-corrected chi connectivity index (χ4v) is 1.47. The third-order valence-electron chi connectivity index (χ3n) is 1.46. The van der Waals surface area contributed by atoms with Crippen LogP contribution in [0.15, 0.2) is 24.3 Å². The van der Waals surface area contributed by atoms with Gasteiger partial charge in [-0.05, 0) is 32.9 Å². The van der Waals surface area contributed by atoms with Crippen LogP contribution in [0, 0.1) is 6.92 Å². The lowest BCUT2D eigenvalue weighted by Gasteiger charge is -2.06. The van der Waals surface area contributed by atoms with E-state index in [1.807, 2.05) is 19.1 Å². The van der Waals surface area contributed by atoms with E-state index in [2.05, 4.69) is 0 Å². The van der Waals surface area contributed by atoms with Crippen LogP contribution in [0.25, 0.3) is 0 Å². The van der Waals surface area contributed by atoms with Gasteiger partial charge in [-0.15, -0.1) is 0 Å². The third-order valence-corrected chi connectivity index (χ3v) is 2.33. The molecule has 0 radical (unpaired) electrons. The zero-order valence-electron chi connectivity index (χ0n) is 8.52. The average Bonchev–Trinajstić information content (AvgIpc) is 2.07. The maximum absolute atomic E-state index is 11.2. The summed E-state index contributed by atoms with van der Waals surface area (Å²) in [7, 11) is 0. The number of hydrogen-bond acceptors (Lipinski definition) is 3. The Balaban J connectivity index is 2.52. The van der Waals surface area contributed by atoms with E-state index in [1.54, 1.807) is 26.0 Å². The minimum atomic E-state index is -1.71. The third kappa shape index (κ3) is 3.89. The molecule has 1 aromatic carbocycles. The van der Waals surface area contributed by atoms with E-state index in [0.717, 1.165) is 5.56 Å². The number of aryl methyl sites for hydroxylation is 1. The van der Waals surface area contributed by atoms with Crippen LogP contribution in [-0.2, 0) is 15.5 Å². The van der Waals surface area contributed by atoms with Gasteiger partial charge in [-0.3, -0.25) is 4.18 Å². The van der Waals surface area contributed by atoms with Gasteiger partial charge in [0.1, 0.15) is 5.75 Å². The van der Waals surface area contributed by atoms with Gasteiger partial charge < -0.3 is 4.18 Å². The zero-order chi connectivity index (χ0) is 10.6. The molecule has 0 aliphatic heterocycles. The van der Waals surface area contributed by atoms with Gasteiger partial charge in [-0.2, -0.15) is 4.21 Å². The van der Waals surface area contributed by atoms with Crippen molar-refractivity contribution in [2.75, 3.05) is 0 Å². The van der Waals surface area contributed by atoms with Crippen LogP contribution >= 0.6 is 0 Å². The van der Waals surface area contributed by atoms with Gasteiger partial charge in [0, 0.05) is 0 Å². The lowest BCUT2D eigenvalue weighted by atomic mass is 10.2. The Kier molecular flexibility index (Phi) is 4.10. The van der Waals surface area contributed by atoms with Crippen LogP contribution in [0.5, 0.6) is 5.75 Å². The van der Waals surface area contributed by atoms with Crippen molar-refractivity contribution in [3.63, 3.8) is 0 Å². The monoisotopic (exact) mass is 214 g/mol. The number of hydrogen-bond donors (Lipinski definition) is 0. The van der Waals surface area contributed by atoms with Gasteiger partial charge in [0.25, 0.3) is 0 Å². The van der Waals surface area contributed by atoms with Gasteiger partial charge in [0.15, 0.2) is 0 Å². The van der Waals surface area contributed by atoms with Crippen molar-refractivity contribution in [2.45, 2.75) is 26.9 Å². The van der Waals surface area contributed by atoms with Gasteiger partial charge in [-0.1, -0.05) is 17.7 Å². The van der Waals surface area contributed by atoms with E-state index >= 15 is 0 Å². The molecule has 0 amide bonds. The first-order valence-corrected chi connectivity index (χ1v) is 5.42. The van der Waals surface area contributed by atoms with Gasteiger partial charge in [0.2, 0.25) is 0 Å². The van der Waals surface area contributed by atoms with Crippen LogP contribution in [-0.4, -0.2) is 10.3 Å². The molecule has 4 heteroatoms. The molecule has 0 saturated heterocycles. The van der Waals surface area contributed by atoms with E-state index in [1.165, 1.54) is 0 Å². The second-order valence-electron chi connectivity index (χ2n) is 3.25. The van der Waals surface area contributed by atoms with Crippen molar-refractivity contribution in [3.05, 3.63) is 29.8 Å². The molecule has 1 rings (SSSR count). The van der Waals surface area contributed by atoms with Crippen LogP contribution in [0.2, 0.25) is 0 Å². The lowest BCUT2D eigenvalue weighted by Crippen LogP contribution is -2.10. The Morgan fingerprint density at radius 3 is 2.29 bits per heavy atom. The molecule has 14 heavy (non-hydrogen) atoms. The molecule has 1 aromatic rings. The van der Waals surface area contributed by atoms with E-state index in [4.69, 9.17) is 8.37 Å². The maximum atomic E-state index is 11.2. The smallest absolute Gasteiger partial charge is 0.360 e. The predicted molar refractivity (Wildman–Crippen MR) is 56.2 cm³/mol. The van der Waals surface area contributed by atoms with Crippen molar-refractivity contribution < 1.29 is 12.6 Å². The zero-order valence-corrected chi connectivity index (χ0v) is 9.34. The molecule has 1 unspecified atom stereocenters. The minimum Gasteiger partial charge on any atom is -0.380 e. The molecule has 0 aromatic heterocycles. The highest BCUT2D eigenvalue weighted by molar-refractivity contribution is 7.75. The van der Waals surface area contributed by atoms with Crippen molar-refractivity contribution in [2.24, 2.45) is 0 Å². The average molecular weight is 214 g/mol. The van der Waals surface area contributed by atoms with E-state index < -0.39 is 11.4 Å². The molecule has 0 spiro atoms. The van der Waals surface area contributed by atoms with E-state index in [0.29, 0.717) is 5.75 Å². The standard InChI is InChI=1S/C10H14O3S/c1-8(2)12-14(11)13-10-6-4-9(3)5-7-10/h4-8H,1-3H3. The minimum absolute atomic E-state index is 0.110. The summed E-state index contributed by atoms with van der Waals surface area (Å²) in [6.07, 6.45) is -0.110. The highest BCUT2D eigenvalue weighted by Gasteiger charge is 2.05. The van der Waals surface area contributed by atoms with Gasteiger partial charge in [0.05, 0.1) is 6.10 Å². The topological polar surface area (TPSA) is 35.5 Å². The molecule has 0 heterocycles. The SMILES string of the molecule is Cc1ccc(OS(=O)OC(C)C)cc1. The Morgan fingerprint density at radius 1 is 1.21 bits per heavy atom. The fraction of sp³-hybridized carbons (Fsp3) is 0.400. The fourth-order valence-electron chi connectivity index (χ4n) is 0.849. The first-order valence-electron chi connectivity index (χ1n) is 4.42. The normalized spacial score (nSPS) is 12.9. The predicted octanol–water partition coefficient (Wildman–Crippen LogP) is 2.38. The Hall–Kier alpha value is -0.870. The maximum Gasteiger partial charge on any atom is 0.360 e. The molecule has 0 bridgehead atoms. The number of benzene rings is 1. The van der Waals surface area contributed by atoms with Crippen LogP contribution < -0.4 is 4.18 Å². The molecular weight excluding hydrogens is 200 g/mol. The lowest BCUT2D eigenvalue weighted by molar-refractivity contribution is 0.244. The van der Waals surface area contributed by atoms with Crippen molar-refractivity contribution in [1.82, 2.24) is 0 Å². The Morgan fingerprint density at radius 2 is 1.79 bits per heavy atom. The summed E-state index contributed by atoms with van der Waals surface area (Å²) < 4.78 is 21.1. The Labute approximate surface area is 86.9 Å². The summed E-state index contributed by atoms with van der Waals surface area (Å²) in [4.78, 5) is 0. The first kappa shape index (κ1) is 11.2. The van der Waals surface area contributed by atoms with Crippen molar-refractivity contribution in [3.8, 4) is 5.75 Å². The second kappa shape index (κ2) is 5.12. The Bertz CT molecular complexity index is 306. The highest BCUT2D eigenvalue weighted by atomic mass is 32.2. The largest absolute Gasteiger partial charge is 0.380 e. The molecule has 0 saturated carbocycles. The molecule has 0 fully saturated rings. The van der Waals surface area contributed by atoms with Gasteiger partial charge in [-0.25, -0.2) is 0 Å². The summed E-state index contributed by atoms with van der Waals surface area (Å²) in [6, 6.07) is 7.30. The summed E-state index contributed by atoms with van der Waals surface area (Å²) >= 11 is -1.71. The molecule has 0 aliphatic rings. The molecule has 3 nitrogen and oxygen atoms in total. The highest BCUT2D eigenvalue weighted by Crippen LogP contribution is 2.13. The quantitative estimate of drug-likeness (QED) is 0.772. The summed E-state index contributed by atoms with van der Waals surface area (Å²) in [5.41, 5.74) is 1.13. The molecule has 78 valence electrons. The molecular formula is C10H14O3S. The van der Waals surface area contributed by atoms with Crippen molar-refractivity contribution >= 4 is 11.4 Å².